The first-order chi connectivity index (χ1) is 12.5. The third kappa shape index (κ3) is 4.43. The number of nitrogens with one attached hydrogen (secondary N) is 2. The minimum atomic E-state index is -3.55. The lowest BCUT2D eigenvalue weighted by Crippen LogP contribution is -2.47. The second-order valence-electron chi connectivity index (χ2n) is 7.08. The molecule has 2 aliphatic rings. The molecule has 0 aromatic heterocycles. The molecule has 0 aliphatic carbocycles. The minimum Gasteiger partial charge on any atom is -0.352 e. The maximum Gasteiger partial charge on any atom is 0.243 e. The van der Waals surface area contributed by atoms with Crippen molar-refractivity contribution in [3.8, 4) is 0 Å². The lowest BCUT2D eigenvalue weighted by molar-refractivity contribution is -0.125. The molecular weight excluding hydrogens is 352 g/mol. The number of amides is 1. The van der Waals surface area contributed by atoms with Crippen molar-refractivity contribution in [2.45, 2.75) is 24.3 Å². The van der Waals surface area contributed by atoms with E-state index >= 15 is 0 Å². The highest BCUT2D eigenvalue weighted by Gasteiger charge is 2.29. The van der Waals surface area contributed by atoms with Crippen LogP contribution < -0.4 is 10.6 Å². The Balaban J connectivity index is 1.70. The molecule has 1 amide bonds. The summed E-state index contributed by atoms with van der Waals surface area (Å²) in [6.07, 6.45) is 1.87. The zero-order valence-corrected chi connectivity index (χ0v) is 16.1. The Morgan fingerprint density at radius 2 is 1.96 bits per heavy atom. The highest BCUT2D eigenvalue weighted by Crippen LogP contribution is 2.21. The summed E-state index contributed by atoms with van der Waals surface area (Å²) < 4.78 is 27.6. The van der Waals surface area contributed by atoms with E-state index in [1.165, 1.54) is 0 Å². The smallest absolute Gasteiger partial charge is 0.243 e. The van der Waals surface area contributed by atoms with Crippen molar-refractivity contribution >= 4 is 15.9 Å². The summed E-state index contributed by atoms with van der Waals surface area (Å²) in [5, 5.41) is 6.15. The number of sulfonamides is 1. The Morgan fingerprint density at radius 1 is 1.23 bits per heavy atom. The number of hydrogen-bond donors (Lipinski definition) is 2. The molecular formula is C18H28N4O3S. The molecule has 26 heavy (non-hydrogen) atoms. The number of nitrogens with zero attached hydrogens (tertiary/aromatic N) is 2. The van der Waals surface area contributed by atoms with Gasteiger partial charge in [0.1, 0.15) is 0 Å². The summed E-state index contributed by atoms with van der Waals surface area (Å²) in [4.78, 5) is 14.8. The van der Waals surface area contributed by atoms with Crippen LogP contribution in [-0.2, 0) is 21.4 Å². The van der Waals surface area contributed by atoms with Gasteiger partial charge in [-0.05, 0) is 38.1 Å². The first-order valence-electron chi connectivity index (χ1n) is 9.23. The van der Waals surface area contributed by atoms with E-state index in [0.29, 0.717) is 30.1 Å². The van der Waals surface area contributed by atoms with Gasteiger partial charge in [0.05, 0.1) is 10.8 Å². The Kier molecular flexibility index (Phi) is 6.29. The van der Waals surface area contributed by atoms with Gasteiger partial charge in [0, 0.05) is 39.3 Å². The molecule has 7 nitrogen and oxygen atoms in total. The highest BCUT2D eigenvalue weighted by molar-refractivity contribution is 7.89. The Labute approximate surface area is 155 Å². The van der Waals surface area contributed by atoms with Crippen LogP contribution in [0.4, 0.5) is 0 Å². The molecule has 2 fully saturated rings. The topological polar surface area (TPSA) is 81.8 Å². The van der Waals surface area contributed by atoms with Crippen LogP contribution in [-0.4, -0.2) is 69.8 Å². The fourth-order valence-electron chi connectivity index (χ4n) is 3.47. The number of carbonyl (C=O) groups is 1. The first kappa shape index (κ1) is 19.3. The predicted molar refractivity (Wildman–Crippen MR) is 100 cm³/mol. The molecule has 0 radical (unpaired) electrons. The van der Waals surface area contributed by atoms with E-state index in [1.54, 1.807) is 22.5 Å². The SMILES string of the molecule is CN1CCN(S(=O)(=O)c2ccccc2CNC(=O)C2CCCNC2)CC1. The van der Waals surface area contributed by atoms with E-state index in [2.05, 4.69) is 15.5 Å². The number of benzene rings is 1. The van der Waals surface area contributed by atoms with Gasteiger partial charge in [-0.25, -0.2) is 8.42 Å². The van der Waals surface area contributed by atoms with Gasteiger partial charge in [0.25, 0.3) is 0 Å². The maximum atomic E-state index is 13.0. The fraction of sp³-hybridized carbons (Fsp3) is 0.611. The molecule has 144 valence electrons. The van der Waals surface area contributed by atoms with Crippen molar-refractivity contribution in [2.24, 2.45) is 5.92 Å². The molecule has 1 aromatic rings. The lowest BCUT2D eigenvalue weighted by Gasteiger charge is -2.32. The van der Waals surface area contributed by atoms with Crippen LogP contribution in [0.25, 0.3) is 0 Å². The number of likely N-dealkylation sites (N-methyl/N-ethyl adjacent to an activating group) is 1. The van der Waals surface area contributed by atoms with Gasteiger partial charge >= 0.3 is 0 Å². The van der Waals surface area contributed by atoms with Crippen molar-refractivity contribution < 1.29 is 13.2 Å². The Bertz CT molecular complexity index is 724. The number of piperidine rings is 1. The van der Waals surface area contributed by atoms with E-state index in [1.807, 2.05) is 13.1 Å². The van der Waals surface area contributed by atoms with Crippen molar-refractivity contribution in [1.82, 2.24) is 19.8 Å². The van der Waals surface area contributed by atoms with E-state index < -0.39 is 10.0 Å². The fourth-order valence-corrected chi connectivity index (χ4v) is 5.12. The van der Waals surface area contributed by atoms with Crippen LogP contribution in [0.15, 0.2) is 29.2 Å². The van der Waals surface area contributed by atoms with E-state index in [4.69, 9.17) is 0 Å². The number of hydrogen-bond acceptors (Lipinski definition) is 5. The average molecular weight is 381 g/mol. The minimum absolute atomic E-state index is 0.0102. The molecule has 1 unspecified atom stereocenters. The van der Waals surface area contributed by atoms with Gasteiger partial charge in [-0.2, -0.15) is 4.31 Å². The van der Waals surface area contributed by atoms with Crippen LogP contribution >= 0.6 is 0 Å². The van der Waals surface area contributed by atoms with E-state index in [-0.39, 0.29) is 18.4 Å². The molecule has 1 aromatic carbocycles. The molecule has 0 bridgehead atoms. The molecule has 0 saturated carbocycles. The predicted octanol–water partition coefficient (Wildman–Crippen LogP) is 0.239. The molecule has 2 N–H and O–H groups in total. The summed E-state index contributed by atoms with van der Waals surface area (Å²) in [5.74, 6) is -0.0471. The van der Waals surface area contributed by atoms with E-state index in [9.17, 15) is 13.2 Å². The standard InChI is InChI=1S/C18H28N4O3S/c1-21-9-11-22(12-10-21)26(24,25)17-7-3-2-5-15(17)14-20-18(23)16-6-4-8-19-13-16/h2-3,5,7,16,19H,4,6,8-14H2,1H3,(H,20,23). The van der Waals surface area contributed by atoms with Gasteiger partial charge in [0.2, 0.25) is 15.9 Å². The van der Waals surface area contributed by atoms with Gasteiger partial charge in [-0.3, -0.25) is 4.79 Å². The summed E-state index contributed by atoms with van der Waals surface area (Å²) in [6, 6.07) is 6.96. The monoisotopic (exact) mass is 380 g/mol. The van der Waals surface area contributed by atoms with Gasteiger partial charge in [0.15, 0.2) is 0 Å². The zero-order chi connectivity index (χ0) is 18.6. The van der Waals surface area contributed by atoms with Crippen LogP contribution in [0.1, 0.15) is 18.4 Å². The summed E-state index contributed by atoms with van der Waals surface area (Å²) in [6.45, 7) is 4.32. The summed E-state index contributed by atoms with van der Waals surface area (Å²) in [5.41, 5.74) is 0.642. The highest BCUT2D eigenvalue weighted by atomic mass is 32.2. The number of piperazine rings is 1. The molecule has 0 spiro atoms. The molecule has 8 heteroatoms. The number of carbonyl (C=O) groups excluding carboxylic acids is 1. The van der Waals surface area contributed by atoms with Crippen LogP contribution in [0.3, 0.4) is 0 Å². The van der Waals surface area contributed by atoms with Gasteiger partial charge in [-0.15, -0.1) is 0 Å². The van der Waals surface area contributed by atoms with Crippen molar-refractivity contribution in [2.75, 3.05) is 46.3 Å². The van der Waals surface area contributed by atoms with Gasteiger partial charge in [-0.1, -0.05) is 18.2 Å². The quantitative estimate of drug-likeness (QED) is 0.765. The van der Waals surface area contributed by atoms with E-state index in [0.717, 1.165) is 32.5 Å². The summed E-state index contributed by atoms with van der Waals surface area (Å²) in [7, 11) is -1.55. The second kappa shape index (κ2) is 8.47. The molecule has 2 heterocycles. The van der Waals surface area contributed by atoms with Gasteiger partial charge < -0.3 is 15.5 Å². The third-order valence-corrected chi connectivity index (χ3v) is 7.17. The van der Waals surface area contributed by atoms with Crippen LogP contribution in [0, 0.1) is 5.92 Å². The first-order valence-corrected chi connectivity index (χ1v) is 10.7. The average Bonchev–Trinajstić information content (AvgIpc) is 2.67. The number of rotatable bonds is 5. The van der Waals surface area contributed by atoms with Crippen molar-refractivity contribution in [3.05, 3.63) is 29.8 Å². The maximum absolute atomic E-state index is 13.0. The summed E-state index contributed by atoms with van der Waals surface area (Å²) >= 11 is 0. The normalized spacial score (nSPS) is 22.9. The zero-order valence-electron chi connectivity index (χ0n) is 15.3. The van der Waals surface area contributed by atoms with Crippen molar-refractivity contribution in [1.29, 1.82) is 0 Å². The molecule has 2 saturated heterocycles. The van der Waals surface area contributed by atoms with Crippen molar-refractivity contribution in [3.63, 3.8) is 0 Å². The Hall–Kier alpha value is -1.48. The third-order valence-electron chi connectivity index (χ3n) is 5.17. The lowest BCUT2D eigenvalue weighted by atomic mass is 9.99. The molecule has 2 aliphatic heterocycles. The van der Waals surface area contributed by atoms with Crippen LogP contribution in [0.2, 0.25) is 0 Å². The molecule has 3 rings (SSSR count). The molecule has 1 atom stereocenters. The Morgan fingerprint density at radius 3 is 2.65 bits per heavy atom. The second-order valence-corrected chi connectivity index (χ2v) is 8.98. The largest absolute Gasteiger partial charge is 0.352 e. The van der Waals surface area contributed by atoms with Crippen LogP contribution in [0.5, 0.6) is 0 Å².